The van der Waals surface area contributed by atoms with Gasteiger partial charge in [0.1, 0.15) is 5.82 Å². The molecule has 1 aromatic carbocycles. The van der Waals surface area contributed by atoms with Crippen LogP contribution in [0.25, 0.3) is 5.65 Å². The van der Waals surface area contributed by atoms with Gasteiger partial charge in [0.15, 0.2) is 5.65 Å². The van der Waals surface area contributed by atoms with Gasteiger partial charge in [-0.25, -0.2) is 9.50 Å². The van der Waals surface area contributed by atoms with E-state index >= 15 is 0 Å². The Bertz CT molecular complexity index is 922. The fraction of sp³-hybridized carbons (Fsp3) is 0.455. The van der Waals surface area contributed by atoms with Gasteiger partial charge in [-0.3, -0.25) is 0 Å². The van der Waals surface area contributed by atoms with Gasteiger partial charge in [0.05, 0.1) is 5.69 Å². The summed E-state index contributed by atoms with van der Waals surface area (Å²) in [6, 6.07) is 8.98. The molecule has 1 saturated carbocycles. The van der Waals surface area contributed by atoms with Crippen LogP contribution in [-0.4, -0.2) is 20.6 Å². The molecule has 1 fully saturated rings. The van der Waals surface area contributed by atoms with Gasteiger partial charge >= 0.3 is 0 Å². The van der Waals surface area contributed by atoms with Crippen LogP contribution in [0.2, 0.25) is 0 Å². The predicted octanol–water partition coefficient (Wildman–Crippen LogP) is 4.38. The Kier molecular flexibility index (Phi) is 5.48. The summed E-state index contributed by atoms with van der Waals surface area (Å²) in [5.41, 5.74) is 17.8. The van der Waals surface area contributed by atoms with Crippen LogP contribution in [0.15, 0.2) is 36.7 Å². The maximum atomic E-state index is 6.41. The number of nitrogens with two attached hydrogens (primary N) is 2. The van der Waals surface area contributed by atoms with Crippen molar-refractivity contribution in [1.29, 1.82) is 0 Å². The predicted molar refractivity (Wildman–Crippen MR) is 115 cm³/mol. The first-order valence-corrected chi connectivity index (χ1v) is 10.4. The van der Waals surface area contributed by atoms with E-state index in [1.54, 1.807) is 10.7 Å². The summed E-state index contributed by atoms with van der Waals surface area (Å²) in [5.74, 6) is 0.938. The van der Waals surface area contributed by atoms with Gasteiger partial charge in [0.25, 0.3) is 0 Å². The summed E-state index contributed by atoms with van der Waals surface area (Å²) < 4.78 is 1.76. The molecule has 0 unspecified atom stereocenters. The number of nitrogens with one attached hydrogen (secondary N) is 1. The van der Waals surface area contributed by atoms with Gasteiger partial charge in [-0.05, 0) is 62.1 Å². The van der Waals surface area contributed by atoms with E-state index in [4.69, 9.17) is 11.5 Å². The zero-order valence-electron chi connectivity index (χ0n) is 16.6. The highest BCUT2D eigenvalue weighted by Crippen LogP contribution is 2.41. The molecule has 0 amide bonds. The zero-order chi connectivity index (χ0) is 19.5. The normalized spacial score (nSPS) is 19.8. The summed E-state index contributed by atoms with van der Waals surface area (Å²) in [6.07, 6.45) is 11.3. The molecule has 6 heteroatoms. The Balaban J connectivity index is 1.68. The van der Waals surface area contributed by atoms with E-state index in [9.17, 15) is 0 Å². The van der Waals surface area contributed by atoms with Crippen molar-refractivity contribution in [2.24, 2.45) is 5.73 Å². The maximum Gasteiger partial charge on any atom is 0.177 e. The highest BCUT2D eigenvalue weighted by Gasteiger charge is 2.27. The Morgan fingerprint density at radius 3 is 2.61 bits per heavy atom. The molecule has 148 valence electrons. The van der Waals surface area contributed by atoms with Gasteiger partial charge in [-0.1, -0.05) is 25.5 Å². The van der Waals surface area contributed by atoms with Crippen LogP contribution in [0, 0.1) is 0 Å². The summed E-state index contributed by atoms with van der Waals surface area (Å²) in [7, 11) is 0. The molecule has 28 heavy (non-hydrogen) atoms. The number of aryl methyl sites for hydroxylation is 1. The van der Waals surface area contributed by atoms with E-state index in [1.165, 1.54) is 18.4 Å². The smallest absolute Gasteiger partial charge is 0.177 e. The van der Waals surface area contributed by atoms with E-state index < -0.39 is 0 Å². The molecule has 1 aliphatic carbocycles. The second-order valence-electron chi connectivity index (χ2n) is 7.91. The third-order valence-corrected chi connectivity index (χ3v) is 5.83. The van der Waals surface area contributed by atoms with Crippen molar-refractivity contribution in [3.05, 3.63) is 47.8 Å². The molecule has 6 nitrogen and oxygen atoms in total. The molecule has 0 radical (unpaired) electrons. The Hall–Kier alpha value is -2.60. The molecule has 5 N–H and O–H groups in total. The van der Waals surface area contributed by atoms with Crippen LogP contribution in [0.3, 0.4) is 0 Å². The second kappa shape index (κ2) is 8.19. The highest BCUT2D eigenvalue weighted by atomic mass is 15.3. The Morgan fingerprint density at radius 1 is 1.14 bits per heavy atom. The minimum atomic E-state index is 0.299. The number of hydrogen-bond acceptors (Lipinski definition) is 5. The number of nitrogen functional groups attached to an aromatic ring is 1. The quantitative estimate of drug-likeness (QED) is 0.592. The topological polar surface area (TPSA) is 94.3 Å². The van der Waals surface area contributed by atoms with Crippen LogP contribution in [0.5, 0.6) is 0 Å². The largest absolute Gasteiger partial charge is 0.382 e. The maximum absolute atomic E-state index is 6.41. The van der Waals surface area contributed by atoms with Gasteiger partial charge in [-0.15, -0.1) is 5.10 Å². The molecule has 0 atom stereocenters. The number of unbranched alkanes of at least 4 members (excludes halogenated alkanes) is 1. The van der Waals surface area contributed by atoms with Crippen LogP contribution >= 0.6 is 0 Å². The average Bonchev–Trinajstić information content (AvgIpc) is 3.17. The molecular weight excluding hydrogens is 348 g/mol. The molecule has 1 aliphatic rings. The van der Waals surface area contributed by atoms with Crippen molar-refractivity contribution in [1.82, 2.24) is 14.6 Å². The number of anilines is 3. The summed E-state index contributed by atoms with van der Waals surface area (Å²) >= 11 is 0. The summed E-state index contributed by atoms with van der Waals surface area (Å²) in [5, 5.41) is 8.14. The van der Waals surface area contributed by atoms with E-state index in [1.807, 2.05) is 6.20 Å². The molecule has 0 aliphatic heterocycles. The number of imidazole rings is 1. The monoisotopic (exact) mass is 378 g/mol. The van der Waals surface area contributed by atoms with E-state index in [0.717, 1.165) is 54.7 Å². The van der Waals surface area contributed by atoms with E-state index in [-0.39, 0.29) is 0 Å². The fourth-order valence-corrected chi connectivity index (χ4v) is 4.20. The lowest BCUT2D eigenvalue weighted by Crippen LogP contribution is -2.26. The Morgan fingerprint density at radius 2 is 1.89 bits per heavy atom. The number of rotatable bonds is 6. The van der Waals surface area contributed by atoms with Crippen LogP contribution in [-0.2, 0) is 6.42 Å². The zero-order valence-corrected chi connectivity index (χ0v) is 16.6. The fourth-order valence-electron chi connectivity index (χ4n) is 4.20. The number of benzene rings is 1. The minimum Gasteiger partial charge on any atom is -0.382 e. The van der Waals surface area contributed by atoms with Gasteiger partial charge in [0.2, 0.25) is 0 Å². The van der Waals surface area contributed by atoms with Crippen LogP contribution in [0.1, 0.15) is 62.5 Å². The first-order chi connectivity index (χ1) is 13.7. The molecule has 4 rings (SSSR count). The van der Waals surface area contributed by atoms with E-state index in [0.29, 0.717) is 17.8 Å². The molecular formula is C22H30N6. The first kappa shape index (κ1) is 18.7. The number of hydrogen-bond donors (Lipinski definition) is 3. The third-order valence-electron chi connectivity index (χ3n) is 5.83. The molecule has 0 saturated heterocycles. The van der Waals surface area contributed by atoms with Crippen molar-refractivity contribution in [2.75, 3.05) is 11.1 Å². The lowest BCUT2D eigenvalue weighted by atomic mass is 9.81. The number of nitrogens with zero attached hydrogens (tertiary/aromatic N) is 3. The lowest BCUT2D eigenvalue weighted by molar-refractivity contribution is 0.396. The average molecular weight is 379 g/mol. The minimum absolute atomic E-state index is 0.299. The molecule has 3 aromatic rings. The van der Waals surface area contributed by atoms with Crippen molar-refractivity contribution in [2.45, 2.75) is 63.8 Å². The van der Waals surface area contributed by atoms with Gasteiger partial charge in [0, 0.05) is 29.7 Å². The third kappa shape index (κ3) is 3.83. The van der Waals surface area contributed by atoms with Gasteiger partial charge < -0.3 is 16.8 Å². The molecule has 2 aromatic heterocycles. The van der Waals surface area contributed by atoms with Crippen molar-refractivity contribution < 1.29 is 0 Å². The molecule has 0 bridgehead atoms. The van der Waals surface area contributed by atoms with Crippen molar-refractivity contribution >= 4 is 22.8 Å². The van der Waals surface area contributed by atoms with Gasteiger partial charge in [-0.2, -0.15) is 0 Å². The molecule has 0 spiro atoms. The first-order valence-electron chi connectivity index (χ1n) is 10.4. The van der Waals surface area contributed by atoms with Crippen molar-refractivity contribution in [3.63, 3.8) is 0 Å². The molecule has 2 heterocycles. The second-order valence-corrected chi connectivity index (χ2v) is 7.91. The van der Waals surface area contributed by atoms with E-state index in [2.05, 4.69) is 46.6 Å². The summed E-state index contributed by atoms with van der Waals surface area (Å²) in [6.45, 7) is 2.22. The standard InChI is InChI=1S/C22H30N6/c1-2-3-4-15-5-11-18(12-6-15)26-20-19(16-7-9-17(23)10-8-16)21(24)27-28-14-13-25-22(20)28/h5-6,11-14,16-17,26H,2-4,7-10,23H2,1H3,(H2,24,27)/t16-,17-. The van der Waals surface area contributed by atoms with Crippen molar-refractivity contribution in [3.8, 4) is 0 Å². The lowest BCUT2D eigenvalue weighted by Gasteiger charge is -2.28. The summed E-state index contributed by atoms with van der Waals surface area (Å²) in [4.78, 5) is 4.54. The highest BCUT2D eigenvalue weighted by molar-refractivity contribution is 5.80. The number of aromatic nitrogens is 3. The SMILES string of the molecule is CCCCc1ccc(Nc2c3nccn3nc(N)c2[C@H]2CC[C@H](N)CC2)cc1. The van der Waals surface area contributed by atoms with Crippen LogP contribution < -0.4 is 16.8 Å². The number of fused-ring (bicyclic) bond motifs is 1. The Labute approximate surface area is 166 Å². The van der Waals surface area contributed by atoms with Crippen LogP contribution in [0.4, 0.5) is 17.2 Å².